The Hall–Kier alpha value is -1.14. The molecule has 0 saturated heterocycles. The van der Waals surface area contributed by atoms with Gasteiger partial charge in [-0.3, -0.25) is 9.78 Å². The van der Waals surface area contributed by atoms with E-state index in [0.717, 1.165) is 9.17 Å². The van der Waals surface area contributed by atoms with E-state index in [1.165, 1.54) is 11.3 Å². The number of pyridine rings is 1. The molecule has 1 amide bonds. The SMILES string of the molecule is NC(=O)c1c(N)sc2c(Br)cncc12. The molecular weight excluding hydrogens is 266 g/mol. The number of aromatic nitrogens is 1. The maximum atomic E-state index is 11.1. The number of thiophene rings is 1. The van der Waals surface area contributed by atoms with Crippen LogP contribution in [0, 0.1) is 0 Å². The number of carbonyl (C=O) groups excluding carboxylic acids is 1. The van der Waals surface area contributed by atoms with Gasteiger partial charge in [0.1, 0.15) is 0 Å². The lowest BCUT2D eigenvalue weighted by molar-refractivity contribution is 0.100. The Bertz CT molecular complexity index is 523. The van der Waals surface area contributed by atoms with E-state index >= 15 is 0 Å². The van der Waals surface area contributed by atoms with E-state index in [-0.39, 0.29) is 0 Å². The second-order valence-electron chi connectivity index (χ2n) is 2.70. The molecule has 0 aliphatic carbocycles. The smallest absolute Gasteiger partial charge is 0.252 e. The summed E-state index contributed by atoms with van der Waals surface area (Å²) in [6.45, 7) is 0. The van der Waals surface area contributed by atoms with Crippen molar-refractivity contribution in [1.29, 1.82) is 0 Å². The molecule has 4 N–H and O–H groups in total. The highest BCUT2D eigenvalue weighted by molar-refractivity contribution is 9.10. The highest BCUT2D eigenvalue weighted by Crippen LogP contribution is 2.36. The molecule has 72 valence electrons. The summed E-state index contributed by atoms with van der Waals surface area (Å²) in [6.07, 6.45) is 3.25. The standard InChI is InChI=1S/C8H6BrN3OS/c9-4-2-12-1-3-5(7(10)13)8(11)14-6(3)4/h1-2H,11H2,(H2,10,13). The highest BCUT2D eigenvalue weighted by Gasteiger charge is 2.16. The van der Waals surface area contributed by atoms with Gasteiger partial charge in [0.05, 0.1) is 19.7 Å². The number of amides is 1. The molecule has 14 heavy (non-hydrogen) atoms. The number of primary amides is 1. The molecule has 0 atom stereocenters. The van der Waals surface area contributed by atoms with Crippen LogP contribution in [-0.2, 0) is 0 Å². The van der Waals surface area contributed by atoms with Gasteiger partial charge in [-0.25, -0.2) is 0 Å². The fraction of sp³-hybridized carbons (Fsp3) is 0. The summed E-state index contributed by atoms with van der Waals surface area (Å²) in [4.78, 5) is 15.1. The van der Waals surface area contributed by atoms with Crippen LogP contribution < -0.4 is 11.5 Å². The van der Waals surface area contributed by atoms with Crippen molar-refractivity contribution in [3.05, 3.63) is 22.4 Å². The van der Waals surface area contributed by atoms with Gasteiger partial charge in [-0.15, -0.1) is 11.3 Å². The van der Waals surface area contributed by atoms with Gasteiger partial charge in [-0.1, -0.05) is 0 Å². The van der Waals surface area contributed by atoms with Gasteiger partial charge >= 0.3 is 0 Å². The summed E-state index contributed by atoms with van der Waals surface area (Å²) in [7, 11) is 0. The van der Waals surface area contributed by atoms with E-state index in [1.54, 1.807) is 12.4 Å². The van der Waals surface area contributed by atoms with Gasteiger partial charge in [0.2, 0.25) is 0 Å². The van der Waals surface area contributed by atoms with Crippen molar-refractivity contribution >= 4 is 48.3 Å². The zero-order valence-corrected chi connectivity index (χ0v) is 9.35. The minimum Gasteiger partial charge on any atom is -0.390 e. The maximum absolute atomic E-state index is 11.1. The van der Waals surface area contributed by atoms with Gasteiger partial charge < -0.3 is 11.5 Å². The summed E-state index contributed by atoms with van der Waals surface area (Å²) in [5, 5.41) is 1.13. The van der Waals surface area contributed by atoms with E-state index in [0.29, 0.717) is 16.0 Å². The Balaban J connectivity index is 2.90. The summed E-state index contributed by atoms with van der Waals surface area (Å²) in [5.74, 6) is -0.520. The summed E-state index contributed by atoms with van der Waals surface area (Å²) >= 11 is 4.66. The van der Waals surface area contributed by atoms with E-state index in [4.69, 9.17) is 11.5 Å². The zero-order chi connectivity index (χ0) is 10.3. The molecular formula is C8H6BrN3OS. The van der Waals surface area contributed by atoms with Crippen molar-refractivity contribution in [2.24, 2.45) is 5.73 Å². The molecule has 0 aliphatic heterocycles. The first-order chi connectivity index (χ1) is 6.61. The molecule has 6 heteroatoms. The maximum Gasteiger partial charge on any atom is 0.252 e. The number of hydrogen-bond acceptors (Lipinski definition) is 4. The van der Waals surface area contributed by atoms with Crippen molar-refractivity contribution in [2.45, 2.75) is 0 Å². The monoisotopic (exact) mass is 271 g/mol. The first-order valence-corrected chi connectivity index (χ1v) is 5.33. The summed E-state index contributed by atoms with van der Waals surface area (Å²) in [5.41, 5.74) is 11.3. The molecule has 0 aromatic carbocycles. The van der Waals surface area contributed by atoms with Crippen molar-refractivity contribution in [1.82, 2.24) is 4.98 Å². The lowest BCUT2D eigenvalue weighted by atomic mass is 10.2. The minimum atomic E-state index is -0.520. The normalized spacial score (nSPS) is 10.6. The second kappa shape index (κ2) is 3.21. The number of anilines is 1. The Morgan fingerprint density at radius 1 is 1.50 bits per heavy atom. The van der Waals surface area contributed by atoms with E-state index in [1.807, 2.05) is 0 Å². The van der Waals surface area contributed by atoms with Gasteiger partial charge in [0.15, 0.2) is 0 Å². The quantitative estimate of drug-likeness (QED) is 0.829. The van der Waals surface area contributed by atoms with Crippen LogP contribution in [0.3, 0.4) is 0 Å². The van der Waals surface area contributed by atoms with Crippen molar-refractivity contribution in [3.8, 4) is 0 Å². The van der Waals surface area contributed by atoms with Gasteiger partial charge in [-0.05, 0) is 15.9 Å². The molecule has 2 aromatic heterocycles. The fourth-order valence-electron chi connectivity index (χ4n) is 1.25. The van der Waals surface area contributed by atoms with Crippen LogP contribution in [0.2, 0.25) is 0 Å². The molecule has 0 unspecified atom stereocenters. The van der Waals surface area contributed by atoms with Crippen LogP contribution in [0.25, 0.3) is 10.1 Å². The van der Waals surface area contributed by atoms with E-state index in [2.05, 4.69) is 20.9 Å². The average molecular weight is 272 g/mol. The lowest BCUT2D eigenvalue weighted by Crippen LogP contribution is -2.11. The Morgan fingerprint density at radius 2 is 2.21 bits per heavy atom. The van der Waals surface area contributed by atoms with Crippen LogP contribution in [0.5, 0.6) is 0 Å². The number of rotatable bonds is 1. The predicted molar refractivity (Wildman–Crippen MR) is 60.3 cm³/mol. The van der Waals surface area contributed by atoms with E-state index in [9.17, 15) is 4.79 Å². The molecule has 0 radical (unpaired) electrons. The van der Waals surface area contributed by atoms with E-state index < -0.39 is 5.91 Å². The molecule has 2 aromatic rings. The minimum absolute atomic E-state index is 0.360. The van der Waals surface area contributed by atoms with Crippen LogP contribution in [0.15, 0.2) is 16.9 Å². The second-order valence-corrected chi connectivity index (χ2v) is 4.61. The van der Waals surface area contributed by atoms with Crippen molar-refractivity contribution in [2.75, 3.05) is 5.73 Å². The van der Waals surface area contributed by atoms with Gasteiger partial charge in [0, 0.05) is 17.8 Å². The van der Waals surface area contributed by atoms with Gasteiger partial charge in [0.25, 0.3) is 5.91 Å². The number of nitrogens with two attached hydrogens (primary N) is 2. The Kier molecular flexibility index (Phi) is 2.16. The van der Waals surface area contributed by atoms with Crippen LogP contribution >= 0.6 is 27.3 Å². The lowest BCUT2D eigenvalue weighted by Gasteiger charge is -1.94. The average Bonchev–Trinajstić information content (AvgIpc) is 2.42. The number of fused-ring (bicyclic) bond motifs is 1. The predicted octanol–water partition coefficient (Wildman–Crippen LogP) is 1.74. The third-order valence-electron chi connectivity index (χ3n) is 1.83. The molecule has 0 bridgehead atoms. The first-order valence-electron chi connectivity index (χ1n) is 3.72. The fourth-order valence-corrected chi connectivity index (χ4v) is 2.77. The first kappa shape index (κ1) is 9.42. The van der Waals surface area contributed by atoms with Crippen LogP contribution in [0.1, 0.15) is 10.4 Å². The molecule has 0 saturated carbocycles. The van der Waals surface area contributed by atoms with Crippen molar-refractivity contribution in [3.63, 3.8) is 0 Å². The number of nitrogens with zero attached hydrogens (tertiary/aromatic N) is 1. The largest absolute Gasteiger partial charge is 0.390 e. The topological polar surface area (TPSA) is 82.0 Å². The molecule has 2 rings (SSSR count). The third kappa shape index (κ3) is 1.27. The third-order valence-corrected chi connectivity index (χ3v) is 3.76. The summed E-state index contributed by atoms with van der Waals surface area (Å²) < 4.78 is 1.71. The van der Waals surface area contributed by atoms with Gasteiger partial charge in [-0.2, -0.15) is 0 Å². The van der Waals surface area contributed by atoms with Crippen LogP contribution in [0.4, 0.5) is 5.00 Å². The zero-order valence-electron chi connectivity index (χ0n) is 6.95. The van der Waals surface area contributed by atoms with Crippen LogP contribution in [-0.4, -0.2) is 10.9 Å². The molecule has 0 spiro atoms. The highest BCUT2D eigenvalue weighted by atomic mass is 79.9. The number of halogens is 1. The summed E-state index contributed by atoms with van der Waals surface area (Å²) in [6, 6.07) is 0. The molecule has 0 aliphatic rings. The Morgan fingerprint density at radius 3 is 2.86 bits per heavy atom. The number of hydrogen-bond donors (Lipinski definition) is 2. The van der Waals surface area contributed by atoms with Crippen molar-refractivity contribution < 1.29 is 4.79 Å². The number of nitrogen functional groups attached to an aromatic ring is 1. The Labute approximate surface area is 92.0 Å². The molecule has 4 nitrogen and oxygen atoms in total. The molecule has 0 fully saturated rings. The molecule has 2 heterocycles. The number of carbonyl (C=O) groups is 1.